The molecule has 0 bridgehead atoms. The van der Waals surface area contributed by atoms with Crippen LogP contribution in [-0.4, -0.2) is 47.5 Å². The lowest BCUT2D eigenvalue weighted by atomic mass is 9.99. The number of nitrogens with zero attached hydrogens (tertiary/aromatic N) is 1. The van der Waals surface area contributed by atoms with Crippen molar-refractivity contribution >= 4 is 29.2 Å². The predicted octanol–water partition coefficient (Wildman–Crippen LogP) is 1.01. The third kappa shape index (κ3) is 3.09. The van der Waals surface area contributed by atoms with E-state index in [4.69, 9.17) is 12.2 Å². The average Bonchev–Trinajstić information content (AvgIpc) is 2.31. The van der Waals surface area contributed by atoms with E-state index in [1.165, 1.54) is 25.7 Å². The van der Waals surface area contributed by atoms with Gasteiger partial charge >= 0.3 is 0 Å². The Hall–Kier alpha value is 0.160. The van der Waals surface area contributed by atoms with Gasteiger partial charge in [-0.15, -0.1) is 12.6 Å². The minimum absolute atomic E-state index is 0.606. The van der Waals surface area contributed by atoms with Crippen LogP contribution in [-0.2, 0) is 0 Å². The van der Waals surface area contributed by atoms with Crippen molar-refractivity contribution in [2.45, 2.75) is 37.8 Å². The molecule has 16 heavy (non-hydrogen) atoms. The van der Waals surface area contributed by atoms with Gasteiger partial charge in [-0.25, -0.2) is 0 Å². The van der Waals surface area contributed by atoms with Crippen molar-refractivity contribution in [3.8, 4) is 0 Å². The van der Waals surface area contributed by atoms with E-state index in [1.54, 1.807) is 0 Å². The van der Waals surface area contributed by atoms with Crippen LogP contribution in [0.2, 0.25) is 0 Å². The fraction of sp³-hybridized carbons (Fsp3) is 0.909. The van der Waals surface area contributed by atoms with E-state index in [0.29, 0.717) is 12.1 Å². The zero-order chi connectivity index (χ0) is 11.4. The van der Waals surface area contributed by atoms with Crippen molar-refractivity contribution < 1.29 is 0 Å². The lowest BCUT2D eigenvalue weighted by Crippen LogP contribution is -2.52. The van der Waals surface area contributed by atoms with Crippen molar-refractivity contribution in [1.82, 2.24) is 15.5 Å². The molecule has 2 saturated heterocycles. The first-order valence-electron chi connectivity index (χ1n) is 6.21. The zero-order valence-corrected chi connectivity index (χ0v) is 11.3. The highest BCUT2D eigenvalue weighted by molar-refractivity contribution is 8.10. The Morgan fingerprint density at radius 1 is 0.938 bits per heavy atom. The fourth-order valence-electron chi connectivity index (χ4n) is 2.78. The summed E-state index contributed by atoms with van der Waals surface area (Å²) in [5, 5.41) is 6.81. The largest absolute Gasteiger partial charge is 0.352 e. The molecule has 0 unspecified atom stereocenters. The van der Waals surface area contributed by atoms with Crippen LogP contribution in [0.1, 0.15) is 25.7 Å². The van der Waals surface area contributed by atoms with Gasteiger partial charge in [-0.05, 0) is 51.9 Å². The van der Waals surface area contributed by atoms with E-state index in [-0.39, 0.29) is 0 Å². The van der Waals surface area contributed by atoms with Crippen LogP contribution in [0.25, 0.3) is 0 Å². The summed E-state index contributed by atoms with van der Waals surface area (Å²) in [6, 6.07) is 1.21. The van der Waals surface area contributed by atoms with Crippen LogP contribution in [0.5, 0.6) is 0 Å². The molecule has 3 nitrogen and oxygen atoms in total. The average molecular weight is 259 g/mol. The van der Waals surface area contributed by atoms with Gasteiger partial charge in [-0.3, -0.25) is 0 Å². The molecule has 2 heterocycles. The summed E-state index contributed by atoms with van der Waals surface area (Å²) < 4.78 is 0.791. The lowest BCUT2D eigenvalue weighted by molar-refractivity contribution is 0.174. The van der Waals surface area contributed by atoms with Crippen molar-refractivity contribution in [3.05, 3.63) is 0 Å². The van der Waals surface area contributed by atoms with E-state index in [0.717, 1.165) is 30.5 Å². The second-order valence-electron chi connectivity index (χ2n) is 4.65. The van der Waals surface area contributed by atoms with Crippen LogP contribution in [0.15, 0.2) is 0 Å². The Kier molecular flexibility index (Phi) is 4.88. The molecule has 0 saturated carbocycles. The van der Waals surface area contributed by atoms with Gasteiger partial charge in [0, 0.05) is 12.1 Å². The molecule has 92 valence electrons. The molecule has 0 atom stereocenters. The molecule has 2 aliphatic heterocycles. The molecule has 0 aromatic heterocycles. The monoisotopic (exact) mass is 259 g/mol. The summed E-state index contributed by atoms with van der Waals surface area (Å²) in [7, 11) is 0. The SMILES string of the molecule is S=C(S)N(C1CCNCC1)C1CCNCC1. The first kappa shape index (κ1) is 12.6. The van der Waals surface area contributed by atoms with Crippen molar-refractivity contribution in [2.24, 2.45) is 0 Å². The number of thiocarbonyl (C=S) groups is 1. The van der Waals surface area contributed by atoms with Gasteiger partial charge in [0.2, 0.25) is 0 Å². The van der Waals surface area contributed by atoms with Crippen molar-refractivity contribution in [2.75, 3.05) is 26.2 Å². The van der Waals surface area contributed by atoms with Gasteiger partial charge in [0.05, 0.1) is 0 Å². The predicted molar refractivity (Wildman–Crippen MR) is 75.2 cm³/mol. The highest BCUT2D eigenvalue weighted by Gasteiger charge is 2.29. The van der Waals surface area contributed by atoms with E-state index in [9.17, 15) is 0 Å². The summed E-state index contributed by atoms with van der Waals surface area (Å²) >= 11 is 9.76. The smallest absolute Gasteiger partial charge is 0.133 e. The summed E-state index contributed by atoms with van der Waals surface area (Å²) in [4.78, 5) is 2.40. The number of nitrogens with one attached hydrogen (secondary N) is 2. The second-order valence-corrected chi connectivity index (χ2v) is 5.77. The fourth-order valence-corrected chi connectivity index (χ4v) is 3.40. The normalized spacial score (nSPS) is 24.3. The molecule has 2 fully saturated rings. The molecule has 0 spiro atoms. The third-order valence-electron chi connectivity index (χ3n) is 3.63. The van der Waals surface area contributed by atoms with Crippen LogP contribution in [0.4, 0.5) is 0 Å². The van der Waals surface area contributed by atoms with Gasteiger partial charge in [0.1, 0.15) is 4.32 Å². The number of hydrogen-bond donors (Lipinski definition) is 3. The first-order chi connectivity index (χ1) is 7.79. The van der Waals surface area contributed by atoms with Crippen molar-refractivity contribution in [3.63, 3.8) is 0 Å². The number of piperidine rings is 2. The van der Waals surface area contributed by atoms with Gasteiger partial charge in [-0.1, -0.05) is 12.2 Å². The Morgan fingerprint density at radius 2 is 1.31 bits per heavy atom. The highest BCUT2D eigenvalue weighted by atomic mass is 32.1. The standard InChI is InChI=1S/C11H21N3S2/c15-11(16)14(9-1-5-12-6-2-9)10-3-7-13-8-4-10/h9-10,12-13H,1-8H2,(H,15,16). The first-order valence-corrected chi connectivity index (χ1v) is 7.07. The molecule has 0 amide bonds. The summed E-state index contributed by atoms with van der Waals surface area (Å²) in [5.74, 6) is 0. The minimum atomic E-state index is 0.606. The maximum atomic E-state index is 5.33. The maximum Gasteiger partial charge on any atom is 0.133 e. The molecule has 2 rings (SSSR count). The Labute approximate surface area is 109 Å². The molecule has 0 aliphatic carbocycles. The topological polar surface area (TPSA) is 27.3 Å². The van der Waals surface area contributed by atoms with Crippen LogP contribution in [0, 0.1) is 0 Å². The molecule has 2 N–H and O–H groups in total. The number of thiol groups is 1. The van der Waals surface area contributed by atoms with E-state index in [2.05, 4.69) is 28.2 Å². The highest BCUT2D eigenvalue weighted by Crippen LogP contribution is 2.22. The molecule has 0 aromatic rings. The van der Waals surface area contributed by atoms with E-state index in [1.807, 2.05) is 0 Å². The van der Waals surface area contributed by atoms with Gasteiger partial charge in [0.25, 0.3) is 0 Å². The summed E-state index contributed by atoms with van der Waals surface area (Å²) in [6.45, 7) is 4.45. The van der Waals surface area contributed by atoms with Gasteiger partial charge in [-0.2, -0.15) is 0 Å². The van der Waals surface area contributed by atoms with Crippen molar-refractivity contribution in [1.29, 1.82) is 0 Å². The molecular formula is C11H21N3S2. The molecule has 5 heteroatoms. The maximum absolute atomic E-state index is 5.33. The van der Waals surface area contributed by atoms with E-state index < -0.39 is 0 Å². The second kappa shape index (κ2) is 6.19. The summed E-state index contributed by atoms with van der Waals surface area (Å²) in [5.41, 5.74) is 0. The molecule has 0 aromatic carbocycles. The van der Waals surface area contributed by atoms with Crippen LogP contribution >= 0.6 is 24.8 Å². The Bertz CT molecular complexity index is 217. The minimum Gasteiger partial charge on any atom is -0.352 e. The van der Waals surface area contributed by atoms with Gasteiger partial charge in [0.15, 0.2) is 0 Å². The van der Waals surface area contributed by atoms with Crippen LogP contribution in [0.3, 0.4) is 0 Å². The van der Waals surface area contributed by atoms with Gasteiger partial charge < -0.3 is 15.5 Å². The lowest BCUT2D eigenvalue weighted by Gasteiger charge is -2.42. The Morgan fingerprint density at radius 3 is 1.62 bits per heavy atom. The number of rotatable bonds is 2. The molecular weight excluding hydrogens is 238 g/mol. The third-order valence-corrected chi connectivity index (χ3v) is 4.07. The number of hydrogen-bond acceptors (Lipinski definition) is 3. The quantitative estimate of drug-likeness (QED) is 0.510. The summed E-state index contributed by atoms with van der Waals surface area (Å²) in [6.07, 6.45) is 4.80. The zero-order valence-electron chi connectivity index (χ0n) is 9.61. The van der Waals surface area contributed by atoms with E-state index >= 15 is 0 Å². The molecule has 2 aliphatic rings. The Balaban J connectivity index is 1.99. The molecule has 0 radical (unpaired) electrons. The van der Waals surface area contributed by atoms with Crippen LogP contribution < -0.4 is 10.6 Å².